The second-order valence-corrected chi connectivity index (χ2v) is 5.68. The molecule has 1 aromatic heterocycles. The molecule has 0 aliphatic carbocycles. The highest BCUT2D eigenvalue weighted by Gasteiger charge is 2.13. The van der Waals surface area contributed by atoms with E-state index in [0.717, 1.165) is 18.4 Å². The molecule has 1 heterocycles. The smallest absolute Gasteiger partial charge is 0.303 e. The monoisotopic (exact) mass is 345 g/mol. The average Bonchev–Trinajstić information content (AvgIpc) is 3.06. The summed E-state index contributed by atoms with van der Waals surface area (Å²) < 4.78 is 10.8. The summed E-state index contributed by atoms with van der Waals surface area (Å²) in [7, 11) is 0. The molecule has 134 valence electrons. The Kier molecular flexibility index (Phi) is 7.07. The maximum Gasteiger partial charge on any atom is 0.303 e. The second-order valence-electron chi connectivity index (χ2n) is 5.68. The molecule has 0 unspecified atom stereocenters. The summed E-state index contributed by atoms with van der Waals surface area (Å²) in [5.41, 5.74) is 1.53. The Morgan fingerprint density at radius 3 is 2.64 bits per heavy atom. The number of ether oxygens (including phenoxy) is 1. The van der Waals surface area contributed by atoms with E-state index in [1.165, 1.54) is 6.26 Å². The molecule has 1 aromatic carbocycles. The van der Waals surface area contributed by atoms with Crippen molar-refractivity contribution in [2.24, 2.45) is 0 Å². The van der Waals surface area contributed by atoms with Gasteiger partial charge >= 0.3 is 5.97 Å². The standard InChI is InChI=1S/C19H23NO5/c1-2-4-17-16(10-12-25-17)19(23)20-13-14-6-8-15(9-7-14)24-11-3-5-18(21)22/h6-10,12H,2-5,11,13H2,1H3,(H,20,23)(H,21,22). The summed E-state index contributed by atoms with van der Waals surface area (Å²) >= 11 is 0. The zero-order chi connectivity index (χ0) is 18.1. The van der Waals surface area contributed by atoms with E-state index < -0.39 is 5.97 Å². The Labute approximate surface area is 146 Å². The summed E-state index contributed by atoms with van der Waals surface area (Å²) in [5.74, 6) is 0.422. The van der Waals surface area contributed by atoms with E-state index in [2.05, 4.69) is 5.32 Å². The Balaban J connectivity index is 1.80. The van der Waals surface area contributed by atoms with Gasteiger partial charge < -0.3 is 19.6 Å². The summed E-state index contributed by atoms with van der Waals surface area (Å²) in [6, 6.07) is 9.05. The van der Waals surface area contributed by atoms with Crippen LogP contribution in [0.4, 0.5) is 0 Å². The summed E-state index contributed by atoms with van der Waals surface area (Å²) in [4.78, 5) is 22.7. The van der Waals surface area contributed by atoms with E-state index in [1.54, 1.807) is 6.07 Å². The first-order valence-electron chi connectivity index (χ1n) is 8.38. The Hall–Kier alpha value is -2.76. The van der Waals surface area contributed by atoms with Crippen LogP contribution in [0.25, 0.3) is 0 Å². The molecule has 0 aliphatic heterocycles. The van der Waals surface area contributed by atoms with Gasteiger partial charge in [-0.1, -0.05) is 19.1 Å². The highest BCUT2D eigenvalue weighted by molar-refractivity contribution is 5.95. The van der Waals surface area contributed by atoms with Crippen LogP contribution in [-0.4, -0.2) is 23.6 Å². The lowest BCUT2D eigenvalue weighted by Crippen LogP contribution is -2.23. The number of amides is 1. The van der Waals surface area contributed by atoms with E-state index in [-0.39, 0.29) is 12.3 Å². The molecule has 25 heavy (non-hydrogen) atoms. The summed E-state index contributed by atoms with van der Waals surface area (Å²) in [6.07, 6.45) is 3.76. The van der Waals surface area contributed by atoms with Gasteiger partial charge in [0.15, 0.2) is 0 Å². The molecule has 0 bridgehead atoms. The van der Waals surface area contributed by atoms with Crippen LogP contribution in [0.5, 0.6) is 5.75 Å². The van der Waals surface area contributed by atoms with E-state index >= 15 is 0 Å². The maximum atomic E-state index is 12.2. The van der Waals surface area contributed by atoms with Gasteiger partial charge in [0.25, 0.3) is 5.91 Å². The van der Waals surface area contributed by atoms with Crippen molar-refractivity contribution >= 4 is 11.9 Å². The van der Waals surface area contributed by atoms with E-state index in [0.29, 0.717) is 36.6 Å². The zero-order valence-electron chi connectivity index (χ0n) is 14.3. The quantitative estimate of drug-likeness (QED) is 0.644. The van der Waals surface area contributed by atoms with Gasteiger partial charge in [-0.05, 0) is 36.6 Å². The van der Waals surface area contributed by atoms with Crippen molar-refractivity contribution in [2.45, 2.75) is 39.2 Å². The number of carboxylic acids is 1. The Bertz CT molecular complexity index is 690. The fraction of sp³-hybridized carbons (Fsp3) is 0.368. The topological polar surface area (TPSA) is 88.8 Å². The van der Waals surface area contributed by atoms with Gasteiger partial charge in [0, 0.05) is 19.4 Å². The first-order valence-corrected chi connectivity index (χ1v) is 8.38. The Morgan fingerprint density at radius 1 is 1.20 bits per heavy atom. The van der Waals surface area contributed by atoms with Gasteiger partial charge in [-0.15, -0.1) is 0 Å². The third-order valence-electron chi connectivity index (χ3n) is 3.65. The number of aryl methyl sites for hydroxylation is 1. The van der Waals surface area contributed by atoms with E-state index in [4.69, 9.17) is 14.3 Å². The largest absolute Gasteiger partial charge is 0.494 e. The highest BCUT2D eigenvalue weighted by atomic mass is 16.5. The SMILES string of the molecule is CCCc1occc1C(=O)NCc1ccc(OCCCC(=O)O)cc1. The minimum absolute atomic E-state index is 0.0954. The van der Waals surface area contributed by atoms with Gasteiger partial charge in [-0.25, -0.2) is 0 Å². The molecule has 0 spiro atoms. The number of hydrogen-bond donors (Lipinski definition) is 2. The van der Waals surface area contributed by atoms with Crippen LogP contribution in [0.1, 0.15) is 47.9 Å². The number of carbonyl (C=O) groups is 2. The Morgan fingerprint density at radius 2 is 1.96 bits per heavy atom. The molecule has 2 aromatic rings. The van der Waals surface area contributed by atoms with Crippen LogP contribution >= 0.6 is 0 Å². The number of benzene rings is 1. The fourth-order valence-electron chi connectivity index (χ4n) is 2.36. The normalized spacial score (nSPS) is 10.4. The maximum absolute atomic E-state index is 12.2. The van der Waals surface area contributed by atoms with Gasteiger partial charge in [0.2, 0.25) is 0 Å². The molecule has 0 saturated heterocycles. The number of rotatable bonds is 10. The van der Waals surface area contributed by atoms with Crippen molar-refractivity contribution in [1.82, 2.24) is 5.32 Å². The van der Waals surface area contributed by atoms with E-state index in [1.807, 2.05) is 31.2 Å². The molecule has 0 radical (unpaired) electrons. The number of hydrogen-bond acceptors (Lipinski definition) is 4. The second kappa shape index (κ2) is 9.52. The summed E-state index contributed by atoms with van der Waals surface area (Å²) in [6.45, 7) is 2.81. The van der Waals surface area contributed by atoms with Crippen molar-refractivity contribution < 1.29 is 23.8 Å². The lowest BCUT2D eigenvalue weighted by Gasteiger charge is -2.08. The van der Waals surface area contributed by atoms with Crippen molar-refractivity contribution in [3.63, 3.8) is 0 Å². The van der Waals surface area contributed by atoms with Crippen molar-refractivity contribution in [1.29, 1.82) is 0 Å². The number of carboxylic acid groups (broad SMARTS) is 1. The van der Waals surface area contributed by atoms with Crippen molar-refractivity contribution in [3.8, 4) is 5.75 Å². The number of aliphatic carboxylic acids is 1. The van der Waals surface area contributed by atoms with Crippen LogP contribution in [0.3, 0.4) is 0 Å². The minimum atomic E-state index is -0.825. The molecule has 6 heteroatoms. The van der Waals surface area contributed by atoms with E-state index in [9.17, 15) is 9.59 Å². The predicted octanol–water partition coefficient (Wildman–Crippen LogP) is 3.41. The van der Waals surface area contributed by atoms with Crippen LogP contribution in [0.2, 0.25) is 0 Å². The molecule has 2 N–H and O–H groups in total. The number of nitrogens with one attached hydrogen (secondary N) is 1. The molecule has 6 nitrogen and oxygen atoms in total. The van der Waals surface area contributed by atoms with Gasteiger partial charge in [-0.2, -0.15) is 0 Å². The van der Waals surface area contributed by atoms with Crippen LogP contribution in [-0.2, 0) is 17.8 Å². The van der Waals surface area contributed by atoms with Crippen LogP contribution in [0, 0.1) is 0 Å². The molecule has 2 rings (SSSR count). The van der Waals surface area contributed by atoms with Gasteiger partial charge in [-0.3, -0.25) is 9.59 Å². The average molecular weight is 345 g/mol. The van der Waals surface area contributed by atoms with Gasteiger partial charge in [0.05, 0.1) is 18.4 Å². The lowest BCUT2D eigenvalue weighted by molar-refractivity contribution is -0.137. The minimum Gasteiger partial charge on any atom is -0.494 e. The molecular formula is C19H23NO5. The van der Waals surface area contributed by atoms with Crippen molar-refractivity contribution in [3.05, 3.63) is 53.5 Å². The first kappa shape index (κ1) is 18.6. The molecular weight excluding hydrogens is 322 g/mol. The van der Waals surface area contributed by atoms with Gasteiger partial charge in [0.1, 0.15) is 11.5 Å². The number of furan rings is 1. The fourth-order valence-corrected chi connectivity index (χ4v) is 2.36. The molecule has 0 fully saturated rings. The third kappa shape index (κ3) is 5.99. The molecule has 0 atom stereocenters. The summed E-state index contributed by atoms with van der Waals surface area (Å²) in [5, 5.41) is 11.4. The van der Waals surface area contributed by atoms with Crippen LogP contribution < -0.4 is 10.1 Å². The van der Waals surface area contributed by atoms with Crippen LogP contribution in [0.15, 0.2) is 41.0 Å². The van der Waals surface area contributed by atoms with Crippen molar-refractivity contribution in [2.75, 3.05) is 6.61 Å². The zero-order valence-corrected chi connectivity index (χ0v) is 14.3. The molecule has 0 saturated carbocycles. The first-order chi connectivity index (χ1) is 12.1. The number of carbonyl (C=O) groups excluding carboxylic acids is 1. The molecule has 1 amide bonds. The lowest BCUT2D eigenvalue weighted by atomic mass is 10.1. The third-order valence-corrected chi connectivity index (χ3v) is 3.65. The molecule has 0 aliphatic rings. The predicted molar refractivity (Wildman–Crippen MR) is 92.7 cm³/mol. The highest BCUT2D eigenvalue weighted by Crippen LogP contribution is 2.15.